The van der Waals surface area contributed by atoms with Crippen molar-refractivity contribution in [1.29, 1.82) is 0 Å². The van der Waals surface area contributed by atoms with Gasteiger partial charge in [-0.1, -0.05) is 5.16 Å². The second-order valence-electron chi connectivity index (χ2n) is 9.30. The summed E-state index contributed by atoms with van der Waals surface area (Å²) < 4.78 is 31.6. The van der Waals surface area contributed by atoms with E-state index in [9.17, 15) is 14.0 Å². The molecule has 9 nitrogen and oxygen atoms in total. The number of likely N-dealkylation sites (tertiary alicyclic amines) is 1. The van der Waals surface area contributed by atoms with E-state index in [1.54, 1.807) is 30.2 Å². The van der Waals surface area contributed by atoms with Gasteiger partial charge in [0, 0.05) is 18.3 Å². The number of carbonyl (C=O) groups excluding carboxylic acids is 2. The maximum absolute atomic E-state index is 13.6. The third kappa shape index (κ3) is 5.36. The lowest BCUT2D eigenvalue weighted by atomic mass is 9.98. The highest BCUT2D eigenvalue weighted by atomic mass is 19.1. The normalized spacial score (nSPS) is 16.3. The van der Waals surface area contributed by atoms with Crippen LogP contribution in [0.4, 0.5) is 9.18 Å². The number of carbonyl (C=O) groups is 2. The summed E-state index contributed by atoms with van der Waals surface area (Å²) in [6.07, 6.45) is 3.51. The lowest BCUT2D eigenvalue weighted by Crippen LogP contribution is -2.42. The van der Waals surface area contributed by atoms with E-state index in [0.29, 0.717) is 35.7 Å². The molecule has 1 amide bonds. The summed E-state index contributed by atoms with van der Waals surface area (Å²) in [5.41, 5.74) is 0.945. The van der Waals surface area contributed by atoms with Crippen LogP contribution >= 0.6 is 0 Å². The largest absolute Gasteiger partial charge is 0.461 e. The van der Waals surface area contributed by atoms with Crippen molar-refractivity contribution >= 4 is 12.1 Å². The first-order chi connectivity index (χ1) is 16.7. The van der Waals surface area contributed by atoms with Gasteiger partial charge in [0.1, 0.15) is 22.8 Å². The quantitative estimate of drug-likeness (QED) is 0.453. The second kappa shape index (κ2) is 9.89. The fraction of sp³-hybridized carbons (Fsp3) is 0.440. The van der Waals surface area contributed by atoms with Crippen LogP contribution < -0.4 is 0 Å². The van der Waals surface area contributed by atoms with Crippen molar-refractivity contribution in [2.45, 2.75) is 58.6 Å². The number of halogens is 1. The third-order valence-corrected chi connectivity index (χ3v) is 5.55. The van der Waals surface area contributed by atoms with Gasteiger partial charge < -0.3 is 14.0 Å². The highest BCUT2D eigenvalue weighted by Crippen LogP contribution is 2.39. The third-order valence-electron chi connectivity index (χ3n) is 5.55. The van der Waals surface area contributed by atoms with E-state index < -0.39 is 23.7 Å². The van der Waals surface area contributed by atoms with Crippen LogP contribution in [0.2, 0.25) is 0 Å². The Labute approximate surface area is 202 Å². The van der Waals surface area contributed by atoms with Gasteiger partial charge in [-0.3, -0.25) is 4.90 Å². The van der Waals surface area contributed by atoms with Gasteiger partial charge in [-0.15, -0.1) is 0 Å². The number of piperidine rings is 1. The first-order valence-corrected chi connectivity index (χ1v) is 11.7. The van der Waals surface area contributed by atoms with Gasteiger partial charge in [0.05, 0.1) is 12.6 Å². The summed E-state index contributed by atoms with van der Waals surface area (Å²) in [4.78, 5) is 26.9. The predicted molar refractivity (Wildman–Crippen MR) is 125 cm³/mol. The van der Waals surface area contributed by atoms with Crippen molar-refractivity contribution in [3.63, 3.8) is 0 Å². The van der Waals surface area contributed by atoms with Gasteiger partial charge in [0.15, 0.2) is 11.5 Å². The van der Waals surface area contributed by atoms with Crippen LogP contribution in [-0.2, 0) is 9.47 Å². The molecule has 1 atom stereocenters. The van der Waals surface area contributed by atoms with Gasteiger partial charge in [-0.05, 0) is 77.3 Å². The number of hydrogen-bond donors (Lipinski definition) is 0. The zero-order valence-corrected chi connectivity index (χ0v) is 20.3. The van der Waals surface area contributed by atoms with E-state index in [-0.39, 0.29) is 18.1 Å². The molecule has 4 rings (SSSR count). The average molecular weight is 485 g/mol. The fourth-order valence-corrected chi connectivity index (χ4v) is 4.04. The van der Waals surface area contributed by atoms with E-state index >= 15 is 0 Å². The van der Waals surface area contributed by atoms with E-state index in [2.05, 4.69) is 10.3 Å². The number of benzene rings is 1. The smallest absolute Gasteiger partial charge is 0.410 e. The Hall–Kier alpha value is -3.69. The van der Waals surface area contributed by atoms with Crippen molar-refractivity contribution in [1.82, 2.24) is 19.8 Å². The van der Waals surface area contributed by atoms with Crippen LogP contribution in [0.15, 0.2) is 41.1 Å². The molecule has 0 spiro atoms. The summed E-state index contributed by atoms with van der Waals surface area (Å²) in [7, 11) is 0. The summed E-state index contributed by atoms with van der Waals surface area (Å²) in [6.45, 7) is 7.88. The molecular formula is C25H29FN4O5. The maximum atomic E-state index is 13.6. The van der Waals surface area contributed by atoms with Crippen LogP contribution in [0.1, 0.15) is 69.2 Å². The topological polar surface area (TPSA) is 99.7 Å². The standard InChI is InChI=1S/C25H29FN4O5/c1-5-33-23(31)18-13-15-30(27-18)21-20(16-9-11-17(26)12-10-16)28-35-22(21)19-8-6-7-14-29(19)24(32)34-25(2,3)4/h9-13,15,19H,5-8,14H2,1-4H3. The van der Waals surface area contributed by atoms with Crippen molar-refractivity contribution < 1.29 is 28.0 Å². The number of ether oxygens (including phenoxy) is 2. The van der Waals surface area contributed by atoms with Crippen molar-refractivity contribution in [2.75, 3.05) is 13.2 Å². The summed E-state index contributed by atoms with van der Waals surface area (Å²) in [6, 6.07) is 6.91. The van der Waals surface area contributed by atoms with E-state index in [1.807, 2.05) is 20.8 Å². The lowest BCUT2D eigenvalue weighted by molar-refractivity contribution is 0.00611. The van der Waals surface area contributed by atoms with Gasteiger partial charge in [0.25, 0.3) is 0 Å². The van der Waals surface area contributed by atoms with Crippen LogP contribution in [0.25, 0.3) is 16.9 Å². The minimum atomic E-state index is -0.654. The Balaban J connectivity index is 1.80. The number of hydrogen-bond acceptors (Lipinski definition) is 7. The van der Waals surface area contributed by atoms with Crippen molar-refractivity contribution in [3.8, 4) is 16.9 Å². The fourth-order valence-electron chi connectivity index (χ4n) is 4.04. The molecule has 0 saturated carbocycles. The Morgan fingerprint density at radius 1 is 1.17 bits per heavy atom. The number of esters is 1. The first kappa shape index (κ1) is 24.4. The monoisotopic (exact) mass is 484 g/mol. The molecule has 186 valence electrons. The van der Waals surface area contributed by atoms with Crippen molar-refractivity contribution in [3.05, 3.63) is 53.8 Å². The Morgan fingerprint density at radius 3 is 2.60 bits per heavy atom. The Morgan fingerprint density at radius 2 is 1.91 bits per heavy atom. The molecule has 0 bridgehead atoms. The van der Waals surface area contributed by atoms with Gasteiger partial charge in [0.2, 0.25) is 0 Å². The highest BCUT2D eigenvalue weighted by Gasteiger charge is 2.37. The van der Waals surface area contributed by atoms with E-state index in [0.717, 1.165) is 12.8 Å². The highest BCUT2D eigenvalue weighted by molar-refractivity contribution is 5.87. The summed E-state index contributed by atoms with van der Waals surface area (Å²) in [5, 5.41) is 8.67. The molecule has 1 aliphatic rings. The van der Waals surface area contributed by atoms with Crippen LogP contribution in [0.3, 0.4) is 0 Å². The van der Waals surface area contributed by atoms with E-state index in [1.165, 1.54) is 22.9 Å². The molecule has 0 aliphatic carbocycles. The van der Waals surface area contributed by atoms with Gasteiger partial charge in [-0.25, -0.2) is 18.7 Å². The van der Waals surface area contributed by atoms with Crippen LogP contribution in [0.5, 0.6) is 0 Å². The molecule has 1 fully saturated rings. The second-order valence-corrected chi connectivity index (χ2v) is 9.30. The maximum Gasteiger partial charge on any atom is 0.410 e. The molecule has 35 heavy (non-hydrogen) atoms. The zero-order valence-electron chi connectivity index (χ0n) is 20.3. The zero-order chi connectivity index (χ0) is 25.2. The molecule has 1 saturated heterocycles. The predicted octanol–water partition coefficient (Wildman–Crippen LogP) is 5.31. The molecule has 0 radical (unpaired) electrons. The Kier molecular flexibility index (Phi) is 6.90. The number of amides is 1. The Bertz CT molecular complexity index is 1200. The molecule has 1 unspecified atom stereocenters. The molecule has 2 aromatic heterocycles. The molecule has 3 heterocycles. The molecular weight excluding hydrogens is 455 g/mol. The SMILES string of the molecule is CCOC(=O)c1ccn(-c2c(-c3ccc(F)cc3)noc2C2CCCCN2C(=O)OC(C)(C)C)n1. The number of nitrogens with zero attached hydrogens (tertiary/aromatic N) is 4. The lowest BCUT2D eigenvalue weighted by Gasteiger charge is -2.35. The molecule has 1 aromatic carbocycles. The minimum absolute atomic E-state index is 0.122. The van der Waals surface area contributed by atoms with Crippen LogP contribution in [-0.4, -0.2) is 50.7 Å². The average Bonchev–Trinajstić information content (AvgIpc) is 3.46. The number of rotatable bonds is 5. The number of aromatic nitrogens is 3. The first-order valence-electron chi connectivity index (χ1n) is 11.7. The van der Waals surface area contributed by atoms with Gasteiger partial charge >= 0.3 is 12.1 Å². The van der Waals surface area contributed by atoms with Crippen molar-refractivity contribution in [2.24, 2.45) is 0 Å². The summed E-state index contributed by atoms with van der Waals surface area (Å²) in [5.74, 6) is -0.528. The molecule has 0 N–H and O–H groups in total. The molecule has 3 aromatic rings. The van der Waals surface area contributed by atoms with E-state index in [4.69, 9.17) is 14.0 Å². The minimum Gasteiger partial charge on any atom is -0.461 e. The summed E-state index contributed by atoms with van der Waals surface area (Å²) >= 11 is 0. The molecule has 10 heteroatoms. The molecule has 1 aliphatic heterocycles. The van der Waals surface area contributed by atoms with Crippen LogP contribution in [0, 0.1) is 5.82 Å². The van der Waals surface area contributed by atoms with Gasteiger partial charge in [-0.2, -0.15) is 5.10 Å².